The van der Waals surface area contributed by atoms with Gasteiger partial charge in [0, 0.05) is 0 Å². The van der Waals surface area contributed by atoms with Crippen LogP contribution in [-0.2, 0) is 0 Å². The van der Waals surface area contributed by atoms with E-state index >= 15 is 0 Å². The summed E-state index contributed by atoms with van der Waals surface area (Å²) in [6.45, 7) is 17.7. The van der Waals surface area contributed by atoms with Crippen LogP contribution in [0.15, 0.2) is 42.5 Å². The number of fused-ring (bicyclic) bond motifs is 4. The monoisotopic (exact) mass is 404 g/mol. The first-order chi connectivity index (χ1) is 14.2. The number of ether oxygens (including phenoxy) is 1. The normalized spacial score (nSPS) is 27.9. The molecule has 0 N–H and O–H groups in total. The van der Waals surface area contributed by atoms with E-state index in [9.17, 15) is 0 Å². The Bertz CT molecular complexity index is 870. The molecular weight excluding hydrogens is 364 g/mol. The van der Waals surface area contributed by atoms with Crippen LogP contribution in [0.25, 0.3) is 11.1 Å². The topological polar surface area (TPSA) is 9.23 Å². The lowest BCUT2D eigenvalue weighted by molar-refractivity contribution is 0.101. The lowest BCUT2D eigenvalue weighted by atomic mass is 9.65. The molecule has 1 nitrogen and oxygen atoms in total. The molecule has 2 aliphatic carbocycles. The van der Waals surface area contributed by atoms with Gasteiger partial charge < -0.3 is 4.74 Å². The molecule has 2 aliphatic rings. The molecule has 2 aromatic rings. The molecule has 1 saturated carbocycles. The Labute approximate surface area is 184 Å². The van der Waals surface area contributed by atoms with Crippen LogP contribution in [0.2, 0.25) is 0 Å². The van der Waals surface area contributed by atoms with Crippen LogP contribution in [0.3, 0.4) is 0 Å². The average molecular weight is 405 g/mol. The third-order valence-corrected chi connectivity index (χ3v) is 7.92. The maximum absolute atomic E-state index is 5.77. The molecule has 30 heavy (non-hydrogen) atoms. The number of benzene rings is 2. The van der Waals surface area contributed by atoms with Crippen molar-refractivity contribution in [3.63, 3.8) is 0 Å². The molecule has 0 saturated heterocycles. The lowest BCUT2D eigenvalue weighted by Gasteiger charge is -2.39. The van der Waals surface area contributed by atoms with Gasteiger partial charge in [-0.25, -0.2) is 0 Å². The van der Waals surface area contributed by atoms with Crippen molar-refractivity contribution in [1.29, 1.82) is 0 Å². The van der Waals surface area contributed by atoms with Crippen molar-refractivity contribution in [2.24, 2.45) is 29.1 Å². The van der Waals surface area contributed by atoms with Gasteiger partial charge in [-0.3, -0.25) is 0 Å². The fraction of sp³-hybridized carbons (Fsp3) is 0.586. The van der Waals surface area contributed by atoms with E-state index in [0.29, 0.717) is 17.3 Å². The van der Waals surface area contributed by atoms with Gasteiger partial charge >= 0.3 is 0 Å². The second-order valence-corrected chi connectivity index (χ2v) is 11.2. The van der Waals surface area contributed by atoms with Crippen LogP contribution in [0.5, 0.6) is 5.75 Å². The van der Waals surface area contributed by atoms with E-state index in [0.717, 1.165) is 42.4 Å². The predicted octanol–water partition coefficient (Wildman–Crippen LogP) is 8.30. The number of hydrogen-bond donors (Lipinski definition) is 0. The van der Waals surface area contributed by atoms with Gasteiger partial charge in [0.1, 0.15) is 5.75 Å². The molecule has 2 bridgehead atoms. The molecule has 1 fully saturated rings. The van der Waals surface area contributed by atoms with Crippen LogP contribution < -0.4 is 4.74 Å². The largest absolute Gasteiger partial charge is 0.494 e. The van der Waals surface area contributed by atoms with Gasteiger partial charge in [-0.1, -0.05) is 78.8 Å². The molecule has 0 spiro atoms. The van der Waals surface area contributed by atoms with Crippen molar-refractivity contribution < 1.29 is 4.74 Å². The maximum Gasteiger partial charge on any atom is 0.119 e. The molecule has 0 aliphatic heterocycles. The molecule has 5 atom stereocenters. The van der Waals surface area contributed by atoms with Gasteiger partial charge in [-0.2, -0.15) is 0 Å². The standard InChI is InChI=1S/C29H40O/c1-8-15-30-22-12-9-20(10-13-22)21-11-14-23-19(4)24-17-26(25(23)16-21)27(18(2)3)28(24)29(5,6)7/h9-14,16,18-19,24,26-28H,8,15,17H2,1-7H3. The van der Waals surface area contributed by atoms with E-state index in [1.54, 1.807) is 11.1 Å². The minimum Gasteiger partial charge on any atom is -0.494 e. The van der Waals surface area contributed by atoms with Crippen molar-refractivity contribution >= 4 is 0 Å². The Morgan fingerprint density at radius 3 is 2.23 bits per heavy atom. The summed E-state index contributed by atoms with van der Waals surface area (Å²) in [5, 5.41) is 0. The highest BCUT2D eigenvalue weighted by atomic mass is 16.5. The predicted molar refractivity (Wildman–Crippen MR) is 128 cm³/mol. The highest BCUT2D eigenvalue weighted by Gasteiger charge is 2.54. The van der Waals surface area contributed by atoms with Gasteiger partial charge in [0.05, 0.1) is 6.61 Å². The Hall–Kier alpha value is -1.76. The molecule has 4 rings (SSSR count). The van der Waals surface area contributed by atoms with E-state index in [1.807, 2.05) is 0 Å². The number of hydrogen-bond acceptors (Lipinski definition) is 1. The molecule has 0 heterocycles. The van der Waals surface area contributed by atoms with Gasteiger partial charge in [-0.15, -0.1) is 0 Å². The molecule has 2 aromatic carbocycles. The summed E-state index contributed by atoms with van der Waals surface area (Å²) in [6.07, 6.45) is 2.41. The summed E-state index contributed by atoms with van der Waals surface area (Å²) < 4.78 is 5.77. The fourth-order valence-electron chi connectivity index (χ4n) is 6.77. The molecule has 1 heteroatoms. The Morgan fingerprint density at radius 2 is 1.63 bits per heavy atom. The minimum atomic E-state index is 0.363. The van der Waals surface area contributed by atoms with Crippen LogP contribution in [-0.4, -0.2) is 6.61 Å². The summed E-state index contributed by atoms with van der Waals surface area (Å²) in [4.78, 5) is 0. The van der Waals surface area contributed by atoms with E-state index in [2.05, 4.69) is 90.9 Å². The van der Waals surface area contributed by atoms with E-state index < -0.39 is 0 Å². The van der Waals surface area contributed by atoms with Gasteiger partial charge in [0.15, 0.2) is 0 Å². The van der Waals surface area contributed by atoms with Crippen molar-refractivity contribution in [1.82, 2.24) is 0 Å². The van der Waals surface area contributed by atoms with Gasteiger partial charge in [-0.05, 0) is 88.2 Å². The summed E-state index contributed by atoms with van der Waals surface area (Å²) in [6, 6.07) is 16.0. The second-order valence-electron chi connectivity index (χ2n) is 11.2. The van der Waals surface area contributed by atoms with Crippen molar-refractivity contribution in [2.75, 3.05) is 6.61 Å². The average Bonchev–Trinajstić information content (AvgIpc) is 3.09. The zero-order valence-electron chi connectivity index (χ0n) is 20.0. The summed E-state index contributed by atoms with van der Waals surface area (Å²) in [7, 11) is 0. The molecule has 0 radical (unpaired) electrons. The Morgan fingerprint density at radius 1 is 0.967 bits per heavy atom. The maximum atomic E-state index is 5.77. The van der Waals surface area contributed by atoms with E-state index in [1.165, 1.54) is 17.5 Å². The van der Waals surface area contributed by atoms with Crippen LogP contribution in [0.1, 0.15) is 84.3 Å². The van der Waals surface area contributed by atoms with E-state index in [-0.39, 0.29) is 0 Å². The van der Waals surface area contributed by atoms with E-state index in [4.69, 9.17) is 4.74 Å². The zero-order chi connectivity index (χ0) is 21.6. The van der Waals surface area contributed by atoms with Gasteiger partial charge in [0.25, 0.3) is 0 Å². The second kappa shape index (κ2) is 8.06. The Balaban J connectivity index is 1.71. The fourth-order valence-corrected chi connectivity index (χ4v) is 6.77. The first-order valence-corrected chi connectivity index (χ1v) is 12.1. The number of rotatable bonds is 5. The molecule has 0 amide bonds. The quantitative estimate of drug-likeness (QED) is 0.487. The highest BCUT2D eigenvalue weighted by Crippen LogP contribution is 2.63. The van der Waals surface area contributed by atoms with Crippen LogP contribution >= 0.6 is 0 Å². The van der Waals surface area contributed by atoms with Crippen molar-refractivity contribution in [3.8, 4) is 16.9 Å². The summed E-state index contributed by atoms with van der Waals surface area (Å²) >= 11 is 0. The summed E-state index contributed by atoms with van der Waals surface area (Å²) in [5.41, 5.74) is 6.25. The van der Waals surface area contributed by atoms with Crippen molar-refractivity contribution in [2.45, 2.75) is 73.1 Å². The molecule has 5 unspecified atom stereocenters. The lowest BCUT2D eigenvalue weighted by Crippen LogP contribution is -2.33. The third kappa shape index (κ3) is 3.70. The third-order valence-electron chi connectivity index (χ3n) is 7.92. The molecular formula is C29H40O. The smallest absolute Gasteiger partial charge is 0.119 e. The Kier molecular flexibility index (Phi) is 5.77. The van der Waals surface area contributed by atoms with Gasteiger partial charge in [0.2, 0.25) is 0 Å². The van der Waals surface area contributed by atoms with Crippen molar-refractivity contribution in [3.05, 3.63) is 53.6 Å². The molecule has 0 aromatic heterocycles. The van der Waals surface area contributed by atoms with Crippen LogP contribution in [0.4, 0.5) is 0 Å². The zero-order valence-corrected chi connectivity index (χ0v) is 20.0. The highest BCUT2D eigenvalue weighted by molar-refractivity contribution is 5.66. The first kappa shape index (κ1) is 21.5. The van der Waals surface area contributed by atoms with Crippen LogP contribution in [0, 0.1) is 29.1 Å². The minimum absolute atomic E-state index is 0.363. The molecule has 162 valence electrons. The summed E-state index contributed by atoms with van der Waals surface area (Å²) in [5.74, 6) is 5.44. The SMILES string of the molecule is CCCOc1ccc(-c2ccc3c(c2)C2CC(C3C)C(C(C)(C)C)C2C(C)C)cc1. The first-order valence-electron chi connectivity index (χ1n) is 12.1.